The summed E-state index contributed by atoms with van der Waals surface area (Å²) in [5.41, 5.74) is 17.7. The van der Waals surface area contributed by atoms with Gasteiger partial charge in [0.15, 0.2) is 0 Å². The van der Waals surface area contributed by atoms with E-state index in [2.05, 4.69) is 127 Å². The van der Waals surface area contributed by atoms with Crippen molar-refractivity contribution in [1.82, 2.24) is 10.2 Å². The Labute approximate surface area is 299 Å². The van der Waals surface area contributed by atoms with Gasteiger partial charge in [0.2, 0.25) is 0 Å². The molecule has 6 rings (SSSR count). The van der Waals surface area contributed by atoms with Crippen molar-refractivity contribution in [3.05, 3.63) is 179 Å². The van der Waals surface area contributed by atoms with Crippen molar-refractivity contribution in [2.75, 3.05) is 14.1 Å². The molecule has 3 aromatic carbocycles. The second-order valence-corrected chi connectivity index (χ2v) is 13.8. The third-order valence-electron chi connectivity index (χ3n) is 10.2. The average molecular weight is 661 g/mol. The highest BCUT2D eigenvalue weighted by atomic mass is 15.2. The topological polar surface area (TPSA) is 53.6 Å². The Hall–Kier alpha value is -4.93. The van der Waals surface area contributed by atoms with Gasteiger partial charge in [-0.3, -0.25) is 0 Å². The van der Waals surface area contributed by atoms with E-state index in [1.54, 1.807) is 0 Å². The number of benzene rings is 3. The van der Waals surface area contributed by atoms with Gasteiger partial charge < -0.3 is 16.0 Å². The first kappa shape index (κ1) is 34.9. The molecule has 0 aromatic heterocycles. The van der Waals surface area contributed by atoms with Gasteiger partial charge in [-0.2, -0.15) is 0 Å². The Kier molecular flexibility index (Phi) is 11.6. The maximum atomic E-state index is 5.99. The molecule has 0 amide bonds. The van der Waals surface area contributed by atoms with Crippen LogP contribution in [-0.2, 0) is 18.4 Å². The molecule has 1 saturated carbocycles. The predicted molar refractivity (Wildman–Crippen MR) is 213 cm³/mol. The molecule has 1 spiro atoms. The van der Waals surface area contributed by atoms with Crippen LogP contribution in [0.1, 0.15) is 79.4 Å². The third-order valence-corrected chi connectivity index (χ3v) is 10.2. The van der Waals surface area contributed by atoms with Gasteiger partial charge in [0.25, 0.3) is 0 Å². The predicted octanol–water partition coefficient (Wildman–Crippen LogP) is 10.2. The summed E-state index contributed by atoms with van der Waals surface area (Å²) < 4.78 is 0. The highest BCUT2D eigenvalue weighted by Gasteiger charge is 2.43. The van der Waals surface area contributed by atoms with Crippen LogP contribution >= 0.6 is 0 Å². The van der Waals surface area contributed by atoms with E-state index in [1.165, 1.54) is 65.5 Å². The monoisotopic (exact) mass is 660 g/mol. The van der Waals surface area contributed by atoms with Crippen LogP contribution < -0.4 is 11.1 Å². The summed E-state index contributed by atoms with van der Waals surface area (Å²) in [4.78, 5) is 7.69. The molecular formula is C46H52N4. The van der Waals surface area contributed by atoms with Gasteiger partial charge in [-0.25, -0.2) is 4.99 Å². The minimum Gasteiger partial charge on any atom is -0.366 e. The Morgan fingerprint density at radius 1 is 0.880 bits per heavy atom. The molecule has 50 heavy (non-hydrogen) atoms. The number of nitrogens with zero attached hydrogens (tertiary/aromatic N) is 2. The Balaban J connectivity index is 1.44. The first-order valence-corrected chi connectivity index (χ1v) is 18.2. The van der Waals surface area contributed by atoms with Crippen LogP contribution in [0.3, 0.4) is 0 Å². The molecule has 1 atom stereocenters. The van der Waals surface area contributed by atoms with Crippen LogP contribution in [0.25, 0.3) is 11.1 Å². The lowest BCUT2D eigenvalue weighted by molar-refractivity contribution is 0.353. The number of aliphatic imine (C=N–C) groups is 1. The fraction of sp³-hybridized carbons (Fsp3) is 0.283. The van der Waals surface area contributed by atoms with E-state index in [1.807, 2.05) is 43.5 Å². The number of likely N-dealkylation sites (N-methyl/N-ethyl adjacent to an activating group) is 1. The maximum absolute atomic E-state index is 5.99. The normalized spacial score (nSPS) is 18.4. The summed E-state index contributed by atoms with van der Waals surface area (Å²) in [5.74, 6) is 0.926. The lowest BCUT2D eigenvalue weighted by Crippen LogP contribution is -2.28. The van der Waals surface area contributed by atoms with Gasteiger partial charge >= 0.3 is 0 Å². The molecule has 3 aromatic rings. The lowest BCUT2D eigenvalue weighted by atomic mass is 9.68. The molecule has 0 radical (unpaired) electrons. The molecule has 0 saturated heterocycles. The highest BCUT2D eigenvalue weighted by molar-refractivity contribution is 6.01. The molecule has 3 aliphatic carbocycles. The molecule has 0 aliphatic heterocycles. The summed E-state index contributed by atoms with van der Waals surface area (Å²) in [6.45, 7) is 2.56. The number of amidine groups is 1. The SMILES string of the molecule is C/C=C/C=C\C=C/NC(/N=C(C(/C=C1/C=CC=CC1)=C/Cc1cccc(CN)c1)\N(C)C)c1ccc2c(c1)-c1ccccc1C21CCCCC1. The standard InChI is InChI=1S/C46H52N4/c1-4-5-6-7-16-30-48-44(38-26-27-43-41(33-38)40-22-12-13-23-42(40)46(43)28-14-9-15-29-46)49-45(50(2)3)39(32-35-18-10-8-11-19-35)25-24-36-20-17-21-37(31-36)34-47/h4-8,10-13,16-18,20-23,25-27,30-33,44,48H,9,14-15,19,24,28-29,34,47H2,1-3H3/b5-4+,7-6-,30-16-,35-32-,39-25+,49-45-. The van der Waals surface area contributed by atoms with Crippen molar-refractivity contribution in [2.45, 2.75) is 70.0 Å². The molecule has 1 fully saturated rings. The number of hydrogen-bond acceptors (Lipinski definition) is 3. The van der Waals surface area contributed by atoms with E-state index in [4.69, 9.17) is 10.7 Å². The molecular weight excluding hydrogens is 609 g/mol. The number of fused-ring (bicyclic) bond motifs is 5. The Morgan fingerprint density at radius 2 is 1.68 bits per heavy atom. The molecule has 3 aliphatic rings. The lowest BCUT2D eigenvalue weighted by Gasteiger charge is -2.36. The molecule has 4 heteroatoms. The first-order chi connectivity index (χ1) is 24.5. The number of nitrogens with two attached hydrogens (primary N) is 1. The molecule has 3 N–H and O–H groups in total. The molecule has 4 nitrogen and oxygen atoms in total. The maximum Gasteiger partial charge on any atom is 0.146 e. The number of nitrogens with one attached hydrogen (secondary N) is 1. The zero-order chi connectivity index (χ0) is 34.8. The quantitative estimate of drug-likeness (QED) is 0.122. The smallest absolute Gasteiger partial charge is 0.146 e. The summed E-state index contributed by atoms with van der Waals surface area (Å²) in [6, 6.07) is 24.8. The van der Waals surface area contributed by atoms with Crippen LogP contribution in [0.15, 0.2) is 156 Å². The summed E-state index contributed by atoms with van der Waals surface area (Å²) in [7, 11) is 4.19. The third kappa shape index (κ3) is 7.93. The fourth-order valence-corrected chi connectivity index (χ4v) is 7.73. The number of hydrogen-bond donors (Lipinski definition) is 2. The number of allylic oxidation sites excluding steroid dienone is 11. The van der Waals surface area contributed by atoms with Gasteiger partial charge in [-0.15, -0.1) is 0 Å². The minimum atomic E-state index is -0.303. The van der Waals surface area contributed by atoms with E-state index in [0.717, 1.165) is 35.4 Å². The minimum absolute atomic E-state index is 0.131. The largest absolute Gasteiger partial charge is 0.366 e. The van der Waals surface area contributed by atoms with Crippen molar-refractivity contribution in [2.24, 2.45) is 10.7 Å². The average Bonchev–Trinajstić information content (AvgIpc) is 3.41. The van der Waals surface area contributed by atoms with Crippen LogP contribution in [0, 0.1) is 0 Å². The van der Waals surface area contributed by atoms with E-state index < -0.39 is 0 Å². The summed E-state index contributed by atoms with van der Waals surface area (Å²) >= 11 is 0. The number of rotatable bonds is 11. The molecule has 256 valence electrons. The van der Waals surface area contributed by atoms with Crippen LogP contribution in [0.4, 0.5) is 0 Å². The summed E-state index contributed by atoms with van der Waals surface area (Å²) in [6.07, 6.45) is 33.2. The van der Waals surface area contributed by atoms with Gasteiger partial charge in [0, 0.05) is 31.6 Å². The first-order valence-electron chi connectivity index (χ1n) is 18.2. The van der Waals surface area contributed by atoms with Gasteiger partial charge in [0.05, 0.1) is 0 Å². The van der Waals surface area contributed by atoms with Crippen molar-refractivity contribution in [3.8, 4) is 11.1 Å². The van der Waals surface area contributed by atoms with Crippen LogP contribution in [0.5, 0.6) is 0 Å². The molecule has 0 bridgehead atoms. The zero-order valence-corrected chi connectivity index (χ0v) is 30.0. The van der Waals surface area contributed by atoms with E-state index in [-0.39, 0.29) is 11.6 Å². The molecule has 0 heterocycles. The second kappa shape index (κ2) is 16.7. The fourth-order valence-electron chi connectivity index (χ4n) is 7.73. The van der Waals surface area contributed by atoms with Crippen molar-refractivity contribution in [3.63, 3.8) is 0 Å². The second-order valence-electron chi connectivity index (χ2n) is 13.8. The Bertz CT molecular complexity index is 1890. The van der Waals surface area contributed by atoms with Crippen LogP contribution in [0.2, 0.25) is 0 Å². The van der Waals surface area contributed by atoms with E-state index in [0.29, 0.717) is 6.54 Å². The summed E-state index contributed by atoms with van der Waals surface area (Å²) in [5, 5.41) is 3.67. The van der Waals surface area contributed by atoms with Gasteiger partial charge in [-0.05, 0) is 102 Å². The van der Waals surface area contributed by atoms with Crippen LogP contribution in [-0.4, -0.2) is 24.8 Å². The van der Waals surface area contributed by atoms with Crippen molar-refractivity contribution < 1.29 is 0 Å². The highest BCUT2D eigenvalue weighted by Crippen LogP contribution is 2.56. The Morgan fingerprint density at radius 3 is 2.46 bits per heavy atom. The van der Waals surface area contributed by atoms with Crippen molar-refractivity contribution in [1.29, 1.82) is 0 Å². The molecule has 1 unspecified atom stereocenters. The van der Waals surface area contributed by atoms with Gasteiger partial charge in [0.1, 0.15) is 12.0 Å². The van der Waals surface area contributed by atoms with Gasteiger partial charge in [-0.1, -0.05) is 135 Å². The van der Waals surface area contributed by atoms with E-state index in [9.17, 15) is 0 Å². The van der Waals surface area contributed by atoms with Crippen molar-refractivity contribution >= 4 is 5.84 Å². The van der Waals surface area contributed by atoms with E-state index >= 15 is 0 Å². The zero-order valence-electron chi connectivity index (χ0n) is 30.0.